The van der Waals surface area contributed by atoms with E-state index in [9.17, 15) is 0 Å². The molecule has 0 aliphatic carbocycles. The summed E-state index contributed by atoms with van der Waals surface area (Å²) >= 11 is 15.4. The molecular formula is C14H11BrCl2O. The largest absolute Gasteiger partial charge is 0.489 e. The Kier molecular flexibility index (Phi) is 4.93. The molecule has 0 saturated heterocycles. The standard InChI is InChI=1S/C14H11BrCl2O/c15-8-11-7-12(16)5-6-14(11)18-9-10-3-1-2-4-13(10)17/h1-7H,8-9H2. The lowest BCUT2D eigenvalue weighted by Crippen LogP contribution is -1.98. The molecule has 0 atom stereocenters. The zero-order valence-corrected chi connectivity index (χ0v) is 12.6. The molecule has 94 valence electrons. The highest BCUT2D eigenvalue weighted by Gasteiger charge is 2.05. The van der Waals surface area contributed by atoms with Gasteiger partial charge >= 0.3 is 0 Å². The van der Waals surface area contributed by atoms with Crippen LogP contribution in [0.15, 0.2) is 42.5 Å². The van der Waals surface area contributed by atoms with E-state index in [4.69, 9.17) is 27.9 Å². The van der Waals surface area contributed by atoms with E-state index >= 15 is 0 Å². The fourth-order valence-corrected chi connectivity index (χ4v) is 2.39. The second-order valence-electron chi connectivity index (χ2n) is 3.77. The van der Waals surface area contributed by atoms with Gasteiger partial charge in [-0.3, -0.25) is 0 Å². The average molecular weight is 346 g/mol. The molecule has 0 aliphatic rings. The van der Waals surface area contributed by atoms with E-state index in [0.717, 1.165) is 16.9 Å². The van der Waals surface area contributed by atoms with Crippen LogP contribution in [0.5, 0.6) is 5.75 Å². The fourth-order valence-electron chi connectivity index (χ4n) is 1.56. The van der Waals surface area contributed by atoms with Crippen LogP contribution in [-0.2, 0) is 11.9 Å². The number of benzene rings is 2. The van der Waals surface area contributed by atoms with Crippen molar-refractivity contribution >= 4 is 39.1 Å². The molecule has 0 aromatic heterocycles. The van der Waals surface area contributed by atoms with Crippen molar-refractivity contribution in [2.75, 3.05) is 0 Å². The maximum atomic E-state index is 6.08. The first kappa shape index (κ1) is 13.7. The molecule has 0 unspecified atom stereocenters. The first-order valence-corrected chi connectivity index (χ1v) is 7.29. The third-order valence-corrected chi connectivity index (χ3v) is 3.72. The van der Waals surface area contributed by atoms with Crippen molar-refractivity contribution in [1.29, 1.82) is 0 Å². The summed E-state index contributed by atoms with van der Waals surface area (Å²) in [5, 5.41) is 2.12. The first-order chi connectivity index (χ1) is 8.70. The normalized spacial score (nSPS) is 10.4. The van der Waals surface area contributed by atoms with Gasteiger partial charge in [-0.15, -0.1) is 0 Å². The highest BCUT2D eigenvalue weighted by Crippen LogP contribution is 2.26. The molecule has 4 heteroatoms. The third-order valence-electron chi connectivity index (χ3n) is 2.51. The minimum absolute atomic E-state index is 0.446. The third kappa shape index (κ3) is 3.41. The van der Waals surface area contributed by atoms with Gasteiger partial charge in [-0.2, -0.15) is 0 Å². The van der Waals surface area contributed by atoms with Gasteiger partial charge in [0.1, 0.15) is 12.4 Å². The molecule has 0 amide bonds. The summed E-state index contributed by atoms with van der Waals surface area (Å²) in [6, 6.07) is 13.2. The summed E-state index contributed by atoms with van der Waals surface area (Å²) in [7, 11) is 0. The molecule has 0 spiro atoms. The summed E-state index contributed by atoms with van der Waals surface area (Å²) in [5.74, 6) is 0.816. The maximum Gasteiger partial charge on any atom is 0.123 e. The van der Waals surface area contributed by atoms with E-state index in [1.807, 2.05) is 42.5 Å². The van der Waals surface area contributed by atoms with Crippen LogP contribution in [0.3, 0.4) is 0 Å². The van der Waals surface area contributed by atoms with Crippen molar-refractivity contribution in [3.63, 3.8) is 0 Å². The molecule has 0 aliphatic heterocycles. The first-order valence-electron chi connectivity index (χ1n) is 5.41. The highest BCUT2D eigenvalue weighted by molar-refractivity contribution is 9.08. The zero-order chi connectivity index (χ0) is 13.0. The fraction of sp³-hybridized carbons (Fsp3) is 0.143. The van der Waals surface area contributed by atoms with Crippen molar-refractivity contribution in [1.82, 2.24) is 0 Å². The monoisotopic (exact) mass is 344 g/mol. The summed E-state index contributed by atoms with van der Waals surface area (Å²) in [6.07, 6.45) is 0. The number of halogens is 3. The van der Waals surface area contributed by atoms with Crippen LogP contribution in [0.25, 0.3) is 0 Å². The molecule has 18 heavy (non-hydrogen) atoms. The van der Waals surface area contributed by atoms with Crippen LogP contribution in [0.4, 0.5) is 0 Å². The molecule has 2 aromatic rings. The molecule has 2 aromatic carbocycles. The van der Waals surface area contributed by atoms with Crippen molar-refractivity contribution in [2.24, 2.45) is 0 Å². The average Bonchev–Trinajstić information content (AvgIpc) is 2.39. The highest BCUT2D eigenvalue weighted by atomic mass is 79.9. The minimum atomic E-state index is 0.446. The van der Waals surface area contributed by atoms with Gasteiger partial charge in [-0.1, -0.05) is 57.3 Å². The maximum absolute atomic E-state index is 6.08. The summed E-state index contributed by atoms with van der Waals surface area (Å²) in [6.45, 7) is 0.446. The lowest BCUT2D eigenvalue weighted by molar-refractivity contribution is 0.304. The van der Waals surface area contributed by atoms with Crippen molar-refractivity contribution < 1.29 is 4.74 Å². The number of rotatable bonds is 4. The Morgan fingerprint density at radius 1 is 1.00 bits per heavy atom. The Morgan fingerprint density at radius 2 is 1.78 bits per heavy atom. The van der Waals surface area contributed by atoms with Gasteiger partial charge in [-0.25, -0.2) is 0 Å². The molecule has 0 saturated carbocycles. The van der Waals surface area contributed by atoms with E-state index < -0.39 is 0 Å². The quantitative estimate of drug-likeness (QED) is 0.668. The number of hydrogen-bond donors (Lipinski definition) is 0. The van der Waals surface area contributed by atoms with Crippen LogP contribution in [-0.4, -0.2) is 0 Å². The molecule has 0 N–H and O–H groups in total. The van der Waals surface area contributed by atoms with Gasteiger partial charge in [0.25, 0.3) is 0 Å². The van der Waals surface area contributed by atoms with Crippen LogP contribution in [0.2, 0.25) is 10.0 Å². The molecule has 0 radical (unpaired) electrons. The van der Waals surface area contributed by atoms with E-state index in [2.05, 4.69) is 15.9 Å². The summed E-state index contributed by atoms with van der Waals surface area (Å²) < 4.78 is 5.78. The lowest BCUT2D eigenvalue weighted by Gasteiger charge is -2.11. The topological polar surface area (TPSA) is 9.23 Å². The van der Waals surface area contributed by atoms with E-state index in [-0.39, 0.29) is 0 Å². The van der Waals surface area contributed by atoms with E-state index in [1.165, 1.54) is 0 Å². The number of ether oxygens (including phenoxy) is 1. The summed E-state index contributed by atoms with van der Waals surface area (Å²) in [4.78, 5) is 0. The van der Waals surface area contributed by atoms with Crippen molar-refractivity contribution in [3.05, 3.63) is 63.6 Å². The van der Waals surface area contributed by atoms with Gasteiger partial charge < -0.3 is 4.74 Å². The molecule has 0 heterocycles. The predicted molar refractivity (Wildman–Crippen MR) is 79.9 cm³/mol. The molecular weight excluding hydrogens is 335 g/mol. The minimum Gasteiger partial charge on any atom is -0.489 e. The van der Waals surface area contributed by atoms with Gasteiger partial charge in [0, 0.05) is 26.5 Å². The second kappa shape index (κ2) is 6.46. The van der Waals surface area contributed by atoms with Gasteiger partial charge in [0.05, 0.1) is 0 Å². The SMILES string of the molecule is Clc1ccc(OCc2ccccc2Cl)c(CBr)c1. The van der Waals surface area contributed by atoms with Crippen LogP contribution in [0, 0.1) is 0 Å². The van der Waals surface area contributed by atoms with Crippen LogP contribution < -0.4 is 4.74 Å². The second-order valence-corrected chi connectivity index (χ2v) is 5.17. The van der Waals surface area contributed by atoms with Gasteiger partial charge in [0.2, 0.25) is 0 Å². The Bertz CT molecular complexity index is 543. The Labute approximate surface area is 125 Å². The smallest absolute Gasteiger partial charge is 0.123 e. The van der Waals surface area contributed by atoms with Gasteiger partial charge in [0.15, 0.2) is 0 Å². The van der Waals surface area contributed by atoms with E-state index in [0.29, 0.717) is 22.0 Å². The molecule has 1 nitrogen and oxygen atoms in total. The Morgan fingerprint density at radius 3 is 2.50 bits per heavy atom. The lowest BCUT2D eigenvalue weighted by atomic mass is 10.2. The van der Waals surface area contributed by atoms with Crippen LogP contribution in [0.1, 0.15) is 11.1 Å². The van der Waals surface area contributed by atoms with Crippen molar-refractivity contribution in [2.45, 2.75) is 11.9 Å². The van der Waals surface area contributed by atoms with Crippen LogP contribution >= 0.6 is 39.1 Å². The predicted octanol–water partition coefficient (Wildman–Crippen LogP) is 5.47. The zero-order valence-electron chi connectivity index (χ0n) is 9.50. The molecule has 2 rings (SSSR count). The summed E-state index contributed by atoms with van der Waals surface area (Å²) in [5.41, 5.74) is 1.99. The van der Waals surface area contributed by atoms with E-state index in [1.54, 1.807) is 0 Å². The molecule has 0 fully saturated rings. The molecule has 0 bridgehead atoms. The Balaban J connectivity index is 2.13. The number of hydrogen-bond acceptors (Lipinski definition) is 1. The van der Waals surface area contributed by atoms with Crippen molar-refractivity contribution in [3.8, 4) is 5.75 Å². The number of alkyl halides is 1. The Hall–Kier alpha value is -0.700. The van der Waals surface area contributed by atoms with Gasteiger partial charge in [-0.05, 0) is 24.3 Å².